The summed E-state index contributed by atoms with van der Waals surface area (Å²) in [5.74, 6) is -0.171. The average molecular weight is 299 g/mol. The van der Waals surface area contributed by atoms with Gasteiger partial charge in [0.1, 0.15) is 11.6 Å². The van der Waals surface area contributed by atoms with Gasteiger partial charge < -0.3 is 10.1 Å². The average Bonchev–Trinajstić information content (AvgIpc) is 2.27. The van der Waals surface area contributed by atoms with E-state index in [0.29, 0.717) is 10.0 Å². The summed E-state index contributed by atoms with van der Waals surface area (Å²) in [6.07, 6.45) is 1.27. The molecule has 0 atom stereocenters. The van der Waals surface area contributed by atoms with Gasteiger partial charge in [0, 0.05) is 16.2 Å². The highest BCUT2D eigenvalue weighted by Crippen LogP contribution is 2.21. The predicted octanol–water partition coefficient (Wildman–Crippen LogP) is 1.83. The minimum atomic E-state index is -0.433. The van der Waals surface area contributed by atoms with Gasteiger partial charge in [-0.15, -0.1) is 0 Å². The number of aliphatic hydroxyl groups is 1. The van der Waals surface area contributed by atoms with Gasteiger partial charge in [0.2, 0.25) is 0 Å². The maximum Gasteiger partial charge on any atom is 0.256 e. The first kappa shape index (κ1) is 11.9. The largest absolute Gasteiger partial charge is 0.391 e. The van der Waals surface area contributed by atoms with E-state index in [0.717, 1.165) is 0 Å². The number of nitrogens with one attached hydrogen (secondary N) is 1. The lowest BCUT2D eigenvalue weighted by Gasteiger charge is -2.03. The van der Waals surface area contributed by atoms with Crippen molar-refractivity contribution >= 4 is 15.9 Å². The number of hydrogen-bond donors (Lipinski definition) is 2. The molecule has 2 N–H and O–H groups in total. The number of hydrogen-bond acceptors (Lipinski definition) is 3. The zero-order valence-corrected chi connectivity index (χ0v) is 10.2. The highest BCUT2D eigenvalue weighted by atomic mass is 79.9. The first-order chi connectivity index (χ1) is 8.10. The molecule has 0 aliphatic heterocycles. The van der Waals surface area contributed by atoms with Crippen LogP contribution in [0.3, 0.4) is 0 Å². The Morgan fingerprint density at radius 1 is 1.41 bits per heavy atom. The van der Waals surface area contributed by atoms with Crippen LogP contribution in [0.5, 0.6) is 0 Å². The van der Waals surface area contributed by atoms with Gasteiger partial charge in [-0.1, -0.05) is 15.9 Å². The van der Waals surface area contributed by atoms with Crippen LogP contribution in [0.4, 0.5) is 4.39 Å². The number of aromatic nitrogens is 2. The molecule has 88 valence electrons. The van der Waals surface area contributed by atoms with E-state index in [1.807, 2.05) is 0 Å². The van der Waals surface area contributed by atoms with Crippen molar-refractivity contribution in [2.75, 3.05) is 0 Å². The van der Waals surface area contributed by atoms with E-state index in [1.165, 1.54) is 18.3 Å². The third kappa shape index (κ3) is 2.59. The molecule has 17 heavy (non-hydrogen) atoms. The minimum absolute atomic E-state index is 0.171. The van der Waals surface area contributed by atoms with E-state index in [-0.39, 0.29) is 18.0 Å². The van der Waals surface area contributed by atoms with Gasteiger partial charge in [-0.3, -0.25) is 4.79 Å². The second kappa shape index (κ2) is 4.77. The van der Waals surface area contributed by atoms with Crippen LogP contribution in [0, 0.1) is 5.82 Å². The number of H-pyrrole nitrogens is 1. The number of rotatable bonds is 2. The number of halogens is 2. The molecule has 0 amide bonds. The molecular weight excluding hydrogens is 291 g/mol. The van der Waals surface area contributed by atoms with Crippen LogP contribution in [0.15, 0.2) is 33.7 Å². The Hall–Kier alpha value is -1.53. The van der Waals surface area contributed by atoms with Crippen molar-refractivity contribution in [2.45, 2.75) is 6.61 Å². The van der Waals surface area contributed by atoms with Gasteiger partial charge in [-0.25, -0.2) is 9.37 Å². The predicted molar refractivity (Wildman–Crippen MR) is 63.9 cm³/mol. The molecule has 1 aromatic carbocycles. The van der Waals surface area contributed by atoms with E-state index in [4.69, 9.17) is 5.11 Å². The maximum absolute atomic E-state index is 13.2. The van der Waals surface area contributed by atoms with Crippen molar-refractivity contribution in [3.8, 4) is 11.4 Å². The molecule has 6 heteroatoms. The SMILES string of the molecule is O=c1[nH]c(-c2cc(F)cc(Br)c2)ncc1CO. The van der Waals surface area contributed by atoms with Crippen LogP contribution < -0.4 is 5.56 Å². The minimum Gasteiger partial charge on any atom is -0.391 e. The number of aromatic amines is 1. The molecule has 0 bridgehead atoms. The van der Waals surface area contributed by atoms with E-state index in [9.17, 15) is 9.18 Å². The highest BCUT2D eigenvalue weighted by molar-refractivity contribution is 9.10. The Balaban J connectivity index is 2.53. The molecule has 0 spiro atoms. The molecule has 2 aromatic rings. The highest BCUT2D eigenvalue weighted by Gasteiger charge is 2.06. The lowest BCUT2D eigenvalue weighted by Crippen LogP contribution is -2.14. The Kier molecular flexibility index (Phi) is 3.35. The second-order valence-electron chi connectivity index (χ2n) is 3.40. The Bertz CT molecular complexity index is 592. The third-order valence-corrected chi connectivity index (χ3v) is 2.64. The molecular formula is C11H8BrFN2O2. The van der Waals surface area contributed by atoms with E-state index < -0.39 is 11.4 Å². The van der Waals surface area contributed by atoms with E-state index in [2.05, 4.69) is 25.9 Å². The van der Waals surface area contributed by atoms with Crippen LogP contribution in [0.2, 0.25) is 0 Å². The Morgan fingerprint density at radius 3 is 2.76 bits per heavy atom. The Labute approximate surface area is 104 Å². The summed E-state index contributed by atoms with van der Waals surface area (Å²) < 4.78 is 13.7. The first-order valence-electron chi connectivity index (χ1n) is 4.75. The van der Waals surface area contributed by atoms with E-state index >= 15 is 0 Å². The summed E-state index contributed by atoms with van der Waals surface area (Å²) in [5, 5.41) is 8.84. The zero-order chi connectivity index (χ0) is 12.4. The summed E-state index contributed by atoms with van der Waals surface area (Å²) in [6, 6.07) is 4.21. The van der Waals surface area contributed by atoms with Crippen LogP contribution in [0.25, 0.3) is 11.4 Å². The second-order valence-corrected chi connectivity index (χ2v) is 4.32. The number of nitrogens with zero attached hydrogens (tertiary/aromatic N) is 1. The quantitative estimate of drug-likeness (QED) is 0.889. The molecule has 0 aliphatic rings. The van der Waals surface area contributed by atoms with Crippen molar-refractivity contribution in [1.29, 1.82) is 0 Å². The zero-order valence-electron chi connectivity index (χ0n) is 8.58. The number of benzene rings is 1. The molecule has 1 heterocycles. The van der Waals surface area contributed by atoms with Gasteiger partial charge >= 0.3 is 0 Å². The molecule has 0 saturated carbocycles. The first-order valence-corrected chi connectivity index (χ1v) is 5.55. The summed E-state index contributed by atoms with van der Waals surface area (Å²) in [6.45, 7) is -0.380. The molecule has 0 aliphatic carbocycles. The van der Waals surface area contributed by atoms with Crippen LogP contribution >= 0.6 is 15.9 Å². The lowest BCUT2D eigenvalue weighted by atomic mass is 10.2. The normalized spacial score (nSPS) is 10.5. The van der Waals surface area contributed by atoms with Crippen molar-refractivity contribution in [1.82, 2.24) is 9.97 Å². The smallest absolute Gasteiger partial charge is 0.256 e. The standard InChI is InChI=1S/C11H8BrFN2O2/c12-8-1-6(2-9(13)3-8)10-14-4-7(5-16)11(17)15-10/h1-4,16H,5H2,(H,14,15,17). The third-order valence-electron chi connectivity index (χ3n) is 2.18. The van der Waals surface area contributed by atoms with Crippen molar-refractivity contribution in [3.63, 3.8) is 0 Å². The van der Waals surface area contributed by atoms with Gasteiger partial charge in [0.15, 0.2) is 0 Å². The number of aliphatic hydroxyl groups excluding tert-OH is 1. The fourth-order valence-corrected chi connectivity index (χ4v) is 1.84. The van der Waals surface area contributed by atoms with Crippen molar-refractivity contribution in [3.05, 3.63) is 50.6 Å². The molecule has 0 saturated heterocycles. The summed E-state index contributed by atoms with van der Waals surface area (Å²) in [5.41, 5.74) is 0.195. The lowest BCUT2D eigenvalue weighted by molar-refractivity contribution is 0.279. The summed E-state index contributed by atoms with van der Waals surface area (Å²) in [7, 11) is 0. The summed E-state index contributed by atoms with van der Waals surface area (Å²) in [4.78, 5) is 17.9. The van der Waals surface area contributed by atoms with Crippen molar-refractivity contribution < 1.29 is 9.50 Å². The van der Waals surface area contributed by atoms with Gasteiger partial charge in [0.05, 0.1) is 12.2 Å². The van der Waals surface area contributed by atoms with Gasteiger partial charge in [-0.2, -0.15) is 0 Å². The van der Waals surface area contributed by atoms with Crippen molar-refractivity contribution in [2.24, 2.45) is 0 Å². The molecule has 2 rings (SSSR count). The molecule has 1 aromatic heterocycles. The monoisotopic (exact) mass is 298 g/mol. The van der Waals surface area contributed by atoms with Crippen LogP contribution in [-0.4, -0.2) is 15.1 Å². The Morgan fingerprint density at radius 2 is 2.18 bits per heavy atom. The molecule has 0 unspecified atom stereocenters. The van der Waals surface area contributed by atoms with Crippen LogP contribution in [-0.2, 0) is 6.61 Å². The van der Waals surface area contributed by atoms with Gasteiger partial charge in [0.25, 0.3) is 5.56 Å². The summed E-state index contributed by atoms with van der Waals surface area (Å²) >= 11 is 3.16. The fraction of sp³-hybridized carbons (Fsp3) is 0.0909. The van der Waals surface area contributed by atoms with Gasteiger partial charge in [-0.05, 0) is 18.2 Å². The molecule has 0 radical (unpaired) electrons. The molecule has 0 fully saturated rings. The maximum atomic E-state index is 13.2. The topological polar surface area (TPSA) is 66.0 Å². The fourth-order valence-electron chi connectivity index (χ4n) is 1.37. The van der Waals surface area contributed by atoms with Crippen LogP contribution in [0.1, 0.15) is 5.56 Å². The molecule has 4 nitrogen and oxygen atoms in total. The van der Waals surface area contributed by atoms with E-state index in [1.54, 1.807) is 6.07 Å².